The van der Waals surface area contributed by atoms with Crippen molar-refractivity contribution in [2.24, 2.45) is 16.1 Å². The molecule has 2 heterocycles. The highest BCUT2D eigenvalue weighted by Crippen LogP contribution is 2.30. The second-order valence-electron chi connectivity index (χ2n) is 6.90. The Morgan fingerprint density at radius 3 is 2.62 bits per heavy atom. The molecule has 0 unspecified atom stereocenters. The Bertz CT molecular complexity index is 854. The lowest BCUT2D eigenvalue weighted by Gasteiger charge is -2.19. The number of hydrogen-bond acceptors (Lipinski definition) is 3. The summed E-state index contributed by atoms with van der Waals surface area (Å²) in [6, 6.07) is 2.70. The van der Waals surface area contributed by atoms with Crippen LogP contribution in [0.5, 0.6) is 0 Å². The highest BCUT2D eigenvalue weighted by atomic mass is 19.4. The molecular weight excluding hydrogens is 343 g/mol. The molecule has 26 heavy (non-hydrogen) atoms. The van der Waals surface area contributed by atoms with Crippen molar-refractivity contribution in [1.82, 2.24) is 15.3 Å². The topological polar surface area (TPSA) is 79.1 Å². The number of aromatic amines is 1. The first-order valence-electron chi connectivity index (χ1n) is 7.95. The van der Waals surface area contributed by atoms with Crippen LogP contribution >= 0.6 is 0 Å². The van der Waals surface area contributed by atoms with E-state index in [-0.39, 0.29) is 11.1 Å². The molecule has 5 nitrogen and oxygen atoms in total. The van der Waals surface area contributed by atoms with E-state index < -0.39 is 11.9 Å². The molecule has 0 aliphatic rings. The molecule has 0 bridgehead atoms. The monoisotopic (exact) mass is 365 g/mol. The first kappa shape index (κ1) is 19.6. The molecule has 4 N–H and O–H groups in total. The van der Waals surface area contributed by atoms with Crippen LogP contribution in [0.25, 0.3) is 11.0 Å². The van der Waals surface area contributed by atoms with Crippen molar-refractivity contribution in [2.75, 3.05) is 0 Å². The standard InChI is InChI=1S/C18H22F3N5/c1-11(5-14(25-10-22)17(2,3)4)23-8-12-6-13-7-15(18(19,20)21)26-16(13)24-9-12/h5-7,9-10,23H,1,8H2,2-4H3,(H2,22,25)(H,24,26)/b14-5-. The summed E-state index contributed by atoms with van der Waals surface area (Å²) in [4.78, 5) is 10.5. The summed E-state index contributed by atoms with van der Waals surface area (Å²) in [6.45, 7) is 10.3. The first-order valence-corrected chi connectivity index (χ1v) is 7.95. The lowest BCUT2D eigenvalue weighted by molar-refractivity contribution is -0.140. The number of nitrogens with zero attached hydrogens (tertiary/aromatic N) is 2. The largest absolute Gasteiger partial charge is 0.431 e. The fourth-order valence-corrected chi connectivity index (χ4v) is 2.27. The molecule has 0 aliphatic carbocycles. The van der Waals surface area contributed by atoms with Crippen molar-refractivity contribution < 1.29 is 13.2 Å². The van der Waals surface area contributed by atoms with Crippen molar-refractivity contribution in [3.8, 4) is 0 Å². The van der Waals surface area contributed by atoms with Crippen LogP contribution in [0.3, 0.4) is 0 Å². The van der Waals surface area contributed by atoms with Gasteiger partial charge in [-0.1, -0.05) is 27.4 Å². The molecule has 0 saturated heterocycles. The van der Waals surface area contributed by atoms with Crippen LogP contribution in [-0.2, 0) is 12.7 Å². The summed E-state index contributed by atoms with van der Waals surface area (Å²) >= 11 is 0. The smallest absolute Gasteiger partial charge is 0.390 e. The lowest BCUT2D eigenvalue weighted by atomic mass is 9.91. The number of pyridine rings is 1. The Labute approximate surface area is 149 Å². The van der Waals surface area contributed by atoms with Gasteiger partial charge in [0.1, 0.15) is 11.3 Å². The van der Waals surface area contributed by atoms with Gasteiger partial charge in [-0.15, -0.1) is 0 Å². The van der Waals surface area contributed by atoms with E-state index in [1.54, 1.807) is 12.1 Å². The molecule has 8 heteroatoms. The van der Waals surface area contributed by atoms with E-state index in [0.29, 0.717) is 17.6 Å². The molecule has 0 fully saturated rings. The second-order valence-corrected chi connectivity index (χ2v) is 6.90. The highest BCUT2D eigenvalue weighted by molar-refractivity contribution is 5.77. The molecule has 2 aromatic rings. The molecule has 0 aromatic carbocycles. The number of nitrogens with one attached hydrogen (secondary N) is 2. The highest BCUT2D eigenvalue weighted by Gasteiger charge is 2.32. The normalized spacial score (nSPS) is 13.5. The Morgan fingerprint density at radius 2 is 2.04 bits per heavy atom. The molecule has 2 aromatic heterocycles. The first-order chi connectivity index (χ1) is 12.0. The summed E-state index contributed by atoms with van der Waals surface area (Å²) < 4.78 is 38.3. The van der Waals surface area contributed by atoms with Crippen LogP contribution in [0.2, 0.25) is 0 Å². The minimum absolute atomic E-state index is 0.201. The predicted molar refractivity (Wildman–Crippen MR) is 97.3 cm³/mol. The second kappa shape index (κ2) is 7.23. The molecule has 0 atom stereocenters. The quantitative estimate of drug-likeness (QED) is 0.424. The van der Waals surface area contributed by atoms with Gasteiger partial charge in [0.15, 0.2) is 0 Å². The number of alkyl halides is 3. The summed E-state index contributed by atoms with van der Waals surface area (Å²) in [5.74, 6) is 0. The number of H-pyrrole nitrogens is 1. The third kappa shape index (κ3) is 4.87. The average Bonchev–Trinajstić information content (AvgIpc) is 2.95. The predicted octanol–water partition coefficient (Wildman–Crippen LogP) is 4.10. The molecule has 0 amide bonds. The van der Waals surface area contributed by atoms with Gasteiger partial charge in [-0.05, 0) is 23.8 Å². The van der Waals surface area contributed by atoms with Gasteiger partial charge in [-0.25, -0.2) is 9.98 Å². The number of aliphatic imine (C=N–C) groups is 1. The molecule has 0 saturated carbocycles. The van der Waals surface area contributed by atoms with E-state index in [0.717, 1.165) is 17.3 Å². The van der Waals surface area contributed by atoms with E-state index in [1.807, 2.05) is 20.8 Å². The van der Waals surface area contributed by atoms with Crippen molar-refractivity contribution >= 4 is 17.4 Å². The van der Waals surface area contributed by atoms with Gasteiger partial charge in [0.25, 0.3) is 0 Å². The fourth-order valence-electron chi connectivity index (χ4n) is 2.27. The van der Waals surface area contributed by atoms with Crippen molar-refractivity contribution in [3.63, 3.8) is 0 Å². The molecular formula is C18H22F3N5. The third-order valence-corrected chi connectivity index (χ3v) is 3.64. The molecule has 0 radical (unpaired) electrons. The minimum Gasteiger partial charge on any atom is -0.390 e. The van der Waals surface area contributed by atoms with Crippen molar-refractivity contribution in [2.45, 2.75) is 33.5 Å². The molecule has 2 rings (SSSR count). The maximum absolute atomic E-state index is 12.8. The van der Waals surface area contributed by atoms with Gasteiger partial charge in [0, 0.05) is 34.9 Å². The Morgan fingerprint density at radius 1 is 1.35 bits per heavy atom. The summed E-state index contributed by atoms with van der Waals surface area (Å²) in [5, 5.41) is 3.51. The van der Waals surface area contributed by atoms with E-state index in [2.05, 4.69) is 26.9 Å². The molecule has 0 spiro atoms. The zero-order valence-electron chi connectivity index (χ0n) is 14.9. The van der Waals surface area contributed by atoms with Gasteiger partial charge in [0.05, 0.1) is 6.34 Å². The van der Waals surface area contributed by atoms with Crippen LogP contribution in [0.1, 0.15) is 32.0 Å². The number of allylic oxidation sites excluding steroid dienone is 2. The Kier molecular flexibility index (Phi) is 5.44. The summed E-state index contributed by atoms with van der Waals surface area (Å²) in [7, 11) is 0. The maximum Gasteiger partial charge on any atom is 0.431 e. The van der Waals surface area contributed by atoms with Gasteiger partial charge in [-0.3, -0.25) is 0 Å². The van der Waals surface area contributed by atoms with E-state index in [9.17, 15) is 13.2 Å². The zero-order valence-corrected chi connectivity index (χ0v) is 14.9. The van der Waals surface area contributed by atoms with Crippen LogP contribution in [0, 0.1) is 5.41 Å². The van der Waals surface area contributed by atoms with E-state index in [4.69, 9.17) is 5.73 Å². The Hall–Kier alpha value is -2.77. The maximum atomic E-state index is 12.8. The Balaban J connectivity index is 2.12. The summed E-state index contributed by atoms with van der Waals surface area (Å²) in [5.41, 5.74) is 6.67. The number of aromatic nitrogens is 2. The fraction of sp³-hybridized carbons (Fsp3) is 0.333. The number of fused-ring (bicyclic) bond motifs is 1. The van der Waals surface area contributed by atoms with Crippen LogP contribution in [0.15, 0.2) is 47.4 Å². The van der Waals surface area contributed by atoms with Crippen LogP contribution in [0.4, 0.5) is 13.2 Å². The van der Waals surface area contributed by atoms with Crippen LogP contribution in [-0.4, -0.2) is 16.3 Å². The third-order valence-electron chi connectivity index (χ3n) is 3.64. The number of hydrogen-bond donors (Lipinski definition) is 3. The molecule has 0 aliphatic heterocycles. The van der Waals surface area contributed by atoms with Gasteiger partial charge in [0.2, 0.25) is 0 Å². The van der Waals surface area contributed by atoms with Crippen molar-refractivity contribution in [3.05, 3.63) is 53.6 Å². The number of nitrogens with two attached hydrogens (primary N) is 1. The van der Waals surface area contributed by atoms with Gasteiger partial charge < -0.3 is 16.0 Å². The minimum atomic E-state index is -4.43. The van der Waals surface area contributed by atoms with Gasteiger partial charge in [-0.2, -0.15) is 13.2 Å². The summed E-state index contributed by atoms with van der Waals surface area (Å²) in [6.07, 6.45) is 0.108. The molecule has 140 valence electrons. The SMILES string of the molecule is C=C(/C=C(\N=C/N)C(C)(C)C)NCc1cnc2[nH]c(C(F)(F)F)cc2c1. The number of halogens is 3. The van der Waals surface area contributed by atoms with Gasteiger partial charge >= 0.3 is 6.18 Å². The lowest BCUT2D eigenvalue weighted by Crippen LogP contribution is -2.14. The van der Waals surface area contributed by atoms with E-state index >= 15 is 0 Å². The number of rotatable bonds is 5. The van der Waals surface area contributed by atoms with E-state index in [1.165, 1.54) is 12.5 Å². The van der Waals surface area contributed by atoms with Crippen LogP contribution < -0.4 is 11.1 Å². The van der Waals surface area contributed by atoms with Crippen molar-refractivity contribution in [1.29, 1.82) is 0 Å². The zero-order chi connectivity index (χ0) is 19.5. The average molecular weight is 365 g/mol.